The summed E-state index contributed by atoms with van der Waals surface area (Å²) in [5, 5.41) is 10.6. The van der Waals surface area contributed by atoms with Crippen LogP contribution in [0.2, 0.25) is 0 Å². The highest BCUT2D eigenvalue weighted by atomic mass is 32.2. The predicted molar refractivity (Wildman–Crippen MR) is 130 cm³/mol. The lowest BCUT2D eigenvalue weighted by Gasteiger charge is -2.40. The first-order chi connectivity index (χ1) is 15.5. The smallest absolute Gasteiger partial charge is 0.243 e. The zero-order valence-electron chi connectivity index (χ0n) is 20.0. The van der Waals surface area contributed by atoms with E-state index in [-0.39, 0.29) is 23.5 Å². The van der Waals surface area contributed by atoms with Gasteiger partial charge in [0, 0.05) is 31.6 Å². The molecule has 0 unspecified atom stereocenters. The molecule has 0 radical (unpaired) electrons. The third kappa shape index (κ3) is 4.69. The summed E-state index contributed by atoms with van der Waals surface area (Å²) in [6.45, 7) is 9.52. The largest absolute Gasteiger partial charge is 0.507 e. The number of phenolic OH excluding ortho intramolecular Hbond substituents is 1. The number of sulfonamides is 1. The Kier molecular flexibility index (Phi) is 6.62. The number of nitrogens with zero attached hydrogens (tertiary/aromatic N) is 1. The van der Waals surface area contributed by atoms with Crippen molar-refractivity contribution in [2.75, 3.05) is 19.6 Å². The highest BCUT2D eigenvalue weighted by molar-refractivity contribution is 7.89. The van der Waals surface area contributed by atoms with Crippen LogP contribution >= 0.6 is 0 Å². The minimum Gasteiger partial charge on any atom is -0.507 e. The molecule has 2 heterocycles. The number of hydrogen-bond donors (Lipinski definition) is 2. The predicted octanol–water partition coefficient (Wildman–Crippen LogP) is 4.04. The molecular formula is C26H36N2O4S. The summed E-state index contributed by atoms with van der Waals surface area (Å²) in [7, 11) is -3.52. The highest BCUT2D eigenvalue weighted by Gasteiger charge is 2.37. The van der Waals surface area contributed by atoms with Crippen LogP contribution < -0.4 is 5.73 Å². The van der Waals surface area contributed by atoms with Crippen LogP contribution in [-0.4, -0.2) is 43.6 Å². The molecule has 7 heteroatoms. The molecule has 33 heavy (non-hydrogen) atoms. The summed E-state index contributed by atoms with van der Waals surface area (Å²) in [4.78, 5) is 0.348. The van der Waals surface area contributed by atoms with Crippen LogP contribution in [0.5, 0.6) is 5.75 Å². The molecule has 2 aliphatic rings. The minimum atomic E-state index is -3.52. The van der Waals surface area contributed by atoms with E-state index >= 15 is 0 Å². The zero-order chi connectivity index (χ0) is 24.0. The fourth-order valence-electron chi connectivity index (χ4n) is 5.04. The average molecular weight is 473 g/mol. The van der Waals surface area contributed by atoms with Gasteiger partial charge >= 0.3 is 0 Å². The minimum absolute atomic E-state index is 0.0202. The van der Waals surface area contributed by atoms with Crippen molar-refractivity contribution in [3.8, 4) is 5.75 Å². The SMILES string of the molecule is Cc1ccc2c(c1O)C[C@@H](C1CCN(S(=O)(=O)c3ccc(C(C)(C)C)cc3)CC1)O[C@H]2CN. The number of fused-ring (bicyclic) bond motifs is 1. The van der Waals surface area contributed by atoms with Crippen molar-refractivity contribution in [1.82, 2.24) is 4.31 Å². The Bertz CT molecular complexity index is 1100. The van der Waals surface area contributed by atoms with Gasteiger partial charge in [-0.3, -0.25) is 0 Å². The van der Waals surface area contributed by atoms with Crippen LogP contribution in [0, 0.1) is 12.8 Å². The maximum absolute atomic E-state index is 13.2. The molecule has 0 saturated carbocycles. The Morgan fingerprint density at radius 3 is 2.30 bits per heavy atom. The van der Waals surface area contributed by atoms with Gasteiger partial charge in [-0.25, -0.2) is 8.42 Å². The lowest BCUT2D eigenvalue weighted by Crippen LogP contribution is -2.44. The maximum Gasteiger partial charge on any atom is 0.243 e. The van der Waals surface area contributed by atoms with Gasteiger partial charge in [-0.05, 0) is 59.9 Å². The lowest BCUT2D eigenvalue weighted by molar-refractivity contribution is -0.0612. The summed E-state index contributed by atoms with van der Waals surface area (Å²) >= 11 is 0. The number of piperidine rings is 1. The number of hydrogen-bond acceptors (Lipinski definition) is 5. The van der Waals surface area contributed by atoms with Gasteiger partial charge in [0.25, 0.3) is 0 Å². The molecule has 2 aromatic carbocycles. The van der Waals surface area contributed by atoms with Crippen LogP contribution in [0.4, 0.5) is 0 Å². The van der Waals surface area contributed by atoms with E-state index in [1.54, 1.807) is 16.4 Å². The van der Waals surface area contributed by atoms with Gasteiger partial charge in [0.1, 0.15) is 5.75 Å². The summed E-state index contributed by atoms with van der Waals surface area (Å²) in [5.41, 5.74) is 9.82. The molecule has 3 N–H and O–H groups in total. The molecular weight excluding hydrogens is 436 g/mol. The van der Waals surface area contributed by atoms with E-state index in [0.29, 0.717) is 36.7 Å². The summed E-state index contributed by atoms with van der Waals surface area (Å²) in [5.74, 6) is 0.555. The second-order valence-electron chi connectivity index (χ2n) is 10.4. The first kappa shape index (κ1) is 24.2. The van der Waals surface area contributed by atoms with Crippen molar-refractivity contribution in [2.24, 2.45) is 11.7 Å². The monoisotopic (exact) mass is 472 g/mol. The van der Waals surface area contributed by atoms with Crippen LogP contribution in [0.1, 0.15) is 62.0 Å². The van der Waals surface area contributed by atoms with Gasteiger partial charge in [0.15, 0.2) is 0 Å². The fourth-order valence-corrected chi connectivity index (χ4v) is 6.51. The molecule has 4 rings (SSSR count). The van der Waals surface area contributed by atoms with Crippen LogP contribution in [-0.2, 0) is 26.6 Å². The van der Waals surface area contributed by atoms with E-state index in [2.05, 4.69) is 20.8 Å². The molecule has 6 nitrogen and oxygen atoms in total. The number of aromatic hydroxyl groups is 1. The maximum atomic E-state index is 13.2. The molecule has 0 bridgehead atoms. The van der Waals surface area contributed by atoms with Gasteiger partial charge < -0.3 is 15.6 Å². The Morgan fingerprint density at radius 2 is 1.73 bits per heavy atom. The topological polar surface area (TPSA) is 92.9 Å². The fraction of sp³-hybridized carbons (Fsp3) is 0.538. The van der Waals surface area contributed by atoms with Gasteiger partial charge in [-0.15, -0.1) is 0 Å². The van der Waals surface area contributed by atoms with Crippen molar-refractivity contribution in [3.63, 3.8) is 0 Å². The number of ether oxygens (including phenoxy) is 1. The van der Waals surface area contributed by atoms with Crippen molar-refractivity contribution in [1.29, 1.82) is 0 Å². The second-order valence-corrected chi connectivity index (χ2v) is 12.4. The number of rotatable bonds is 4. The molecule has 0 spiro atoms. The van der Waals surface area contributed by atoms with E-state index in [1.807, 2.05) is 31.2 Å². The molecule has 1 fully saturated rings. The highest BCUT2D eigenvalue weighted by Crippen LogP contribution is 2.40. The Balaban J connectivity index is 1.46. The summed E-state index contributed by atoms with van der Waals surface area (Å²) < 4.78 is 34.4. The lowest BCUT2D eigenvalue weighted by atomic mass is 9.83. The number of aryl methyl sites for hydroxylation is 1. The van der Waals surface area contributed by atoms with E-state index in [4.69, 9.17) is 10.5 Å². The third-order valence-corrected chi connectivity index (χ3v) is 9.12. The first-order valence-corrected chi connectivity index (χ1v) is 13.2. The van der Waals surface area contributed by atoms with Crippen molar-refractivity contribution < 1.29 is 18.3 Å². The van der Waals surface area contributed by atoms with E-state index in [1.165, 1.54) is 0 Å². The van der Waals surface area contributed by atoms with Crippen LogP contribution in [0.15, 0.2) is 41.3 Å². The van der Waals surface area contributed by atoms with Gasteiger partial charge in [0.2, 0.25) is 10.0 Å². The van der Waals surface area contributed by atoms with Crippen LogP contribution in [0.25, 0.3) is 0 Å². The average Bonchev–Trinajstić information content (AvgIpc) is 2.80. The molecule has 180 valence electrons. The molecule has 0 aliphatic carbocycles. The van der Waals surface area contributed by atoms with E-state index in [9.17, 15) is 13.5 Å². The molecule has 2 aromatic rings. The van der Waals surface area contributed by atoms with Gasteiger partial charge in [-0.2, -0.15) is 4.31 Å². The number of nitrogens with two attached hydrogens (primary N) is 1. The third-order valence-electron chi connectivity index (χ3n) is 7.21. The Labute approximate surface area is 197 Å². The summed E-state index contributed by atoms with van der Waals surface area (Å²) in [6, 6.07) is 11.2. The molecule has 0 amide bonds. The Hall–Kier alpha value is -1.93. The first-order valence-electron chi connectivity index (χ1n) is 11.8. The van der Waals surface area contributed by atoms with Crippen LogP contribution in [0.3, 0.4) is 0 Å². The molecule has 1 saturated heterocycles. The van der Waals surface area contributed by atoms with Crippen molar-refractivity contribution >= 4 is 10.0 Å². The Morgan fingerprint density at radius 1 is 1.09 bits per heavy atom. The van der Waals surface area contributed by atoms with Crippen molar-refractivity contribution in [3.05, 3.63) is 58.7 Å². The quantitative estimate of drug-likeness (QED) is 0.701. The van der Waals surface area contributed by atoms with Crippen molar-refractivity contribution in [2.45, 2.75) is 69.5 Å². The standard InChI is InChI=1S/C26H36N2O4S/c1-17-5-10-21-22(25(17)29)15-23(32-24(21)16-27)18-11-13-28(14-12-18)33(30,31)20-8-6-19(7-9-20)26(2,3)4/h5-10,18,23-24,29H,11-16,27H2,1-4H3/t23-,24-/m0/s1. The second kappa shape index (κ2) is 9.02. The van der Waals surface area contributed by atoms with E-state index in [0.717, 1.165) is 35.1 Å². The van der Waals surface area contributed by atoms with Gasteiger partial charge in [-0.1, -0.05) is 45.0 Å². The summed E-state index contributed by atoms with van der Waals surface area (Å²) in [6.07, 6.45) is 1.76. The molecule has 0 aromatic heterocycles. The zero-order valence-corrected chi connectivity index (χ0v) is 20.9. The normalized spacial score (nSPS) is 22.8. The molecule has 2 atom stereocenters. The number of benzene rings is 2. The van der Waals surface area contributed by atoms with E-state index < -0.39 is 10.0 Å². The van der Waals surface area contributed by atoms with Gasteiger partial charge in [0.05, 0.1) is 17.1 Å². The number of phenols is 1. The molecule has 2 aliphatic heterocycles.